The molecule has 0 aliphatic carbocycles. The van der Waals surface area contributed by atoms with E-state index in [9.17, 15) is 24.5 Å². The molecule has 0 bridgehead atoms. The van der Waals surface area contributed by atoms with Crippen LogP contribution in [0.5, 0.6) is 5.75 Å². The number of aromatic nitrogens is 3. The minimum Gasteiger partial charge on any atom is -0.495 e. The molecule has 3 rings (SSSR count). The van der Waals surface area contributed by atoms with Gasteiger partial charge < -0.3 is 10.1 Å². The molecule has 1 aromatic carbocycles. The number of fused-ring (bicyclic) bond motifs is 1. The molecule has 0 aliphatic heterocycles. The third kappa shape index (κ3) is 3.57. The molecule has 0 aliphatic rings. The van der Waals surface area contributed by atoms with Crippen molar-refractivity contribution in [3.63, 3.8) is 0 Å². The predicted octanol–water partition coefficient (Wildman–Crippen LogP) is 0.959. The van der Waals surface area contributed by atoms with Crippen LogP contribution in [-0.2, 0) is 18.4 Å². The average molecular weight is 399 g/mol. The molecule has 0 fully saturated rings. The number of carbonyl (C=O) groups excluding carboxylic acids is 1. The molecule has 3 aromatic rings. The first-order valence-electron chi connectivity index (χ1n) is 8.42. The second-order valence-corrected chi connectivity index (χ2v) is 6.26. The Kier molecular flexibility index (Phi) is 5.13. The van der Waals surface area contributed by atoms with Gasteiger partial charge in [0, 0.05) is 36.6 Å². The number of ether oxygens (including phenoxy) is 1. The highest BCUT2D eigenvalue weighted by Crippen LogP contribution is 2.23. The number of rotatable bonds is 5. The summed E-state index contributed by atoms with van der Waals surface area (Å²) < 4.78 is 7.21. The van der Waals surface area contributed by atoms with E-state index in [0.717, 1.165) is 9.13 Å². The monoisotopic (exact) mass is 399 g/mol. The fraction of sp³-hybridized carbons (Fsp3) is 0.222. The first-order valence-corrected chi connectivity index (χ1v) is 8.42. The van der Waals surface area contributed by atoms with Crippen LogP contribution in [0.1, 0.15) is 5.56 Å². The van der Waals surface area contributed by atoms with Crippen molar-refractivity contribution in [2.24, 2.45) is 7.05 Å². The van der Waals surface area contributed by atoms with Gasteiger partial charge in [-0.25, -0.2) is 14.3 Å². The number of hydrogen-bond donors (Lipinski definition) is 1. The van der Waals surface area contributed by atoms with Gasteiger partial charge in [0.1, 0.15) is 17.7 Å². The largest absolute Gasteiger partial charge is 0.495 e. The molecular formula is C18H17N5O6. The number of methoxy groups -OCH3 is 1. The molecule has 1 amide bonds. The van der Waals surface area contributed by atoms with Crippen molar-refractivity contribution < 1.29 is 14.5 Å². The average Bonchev–Trinajstić information content (AvgIpc) is 2.69. The third-order valence-electron chi connectivity index (χ3n) is 4.33. The Bertz CT molecular complexity index is 1260. The number of amides is 1. The Hall–Kier alpha value is -4.02. The van der Waals surface area contributed by atoms with Gasteiger partial charge in [-0.2, -0.15) is 0 Å². The molecule has 150 valence electrons. The van der Waals surface area contributed by atoms with E-state index in [1.807, 2.05) is 0 Å². The van der Waals surface area contributed by atoms with E-state index < -0.39 is 28.6 Å². The summed E-state index contributed by atoms with van der Waals surface area (Å²) in [5.74, 6) is -0.424. The minimum absolute atomic E-state index is 0.0812. The molecule has 0 saturated heterocycles. The lowest BCUT2D eigenvalue weighted by atomic mass is 10.2. The second-order valence-electron chi connectivity index (χ2n) is 6.26. The van der Waals surface area contributed by atoms with Crippen LogP contribution in [0.15, 0.2) is 40.1 Å². The molecule has 0 radical (unpaired) electrons. The summed E-state index contributed by atoms with van der Waals surface area (Å²) in [6.45, 7) is 1.12. The summed E-state index contributed by atoms with van der Waals surface area (Å²) in [4.78, 5) is 52.3. The topological polar surface area (TPSA) is 138 Å². The lowest BCUT2D eigenvalue weighted by molar-refractivity contribution is -0.384. The van der Waals surface area contributed by atoms with Crippen molar-refractivity contribution in [1.82, 2.24) is 14.1 Å². The van der Waals surface area contributed by atoms with Gasteiger partial charge in [-0.05, 0) is 13.0 Å². The van der Waals surface area contributed by atoms with Crippen molar-refractivity contribution in [2.75, 3.05) is 12.4 Å². The van der Waals surface area contributed by atoms with Crippen LogP contribution in [0, 0.1) is 17.0 Å². The number of nitro groups is 1. The summed E-state index contributed by atoms with van der Waals surface area (Å²) in [5.41, 5.74) is -0.737. The van der Waals surface area contributed by atoms with Crippen molar-refractivity contribution in [2.45, 2.75) is 13.5 Å². The highest BCUT2D eigenvalue weighted by atomic mass is 16.6. The maximum atomic E-state index is 12.9. The Morgan fingerprint density at radius 3 is 2.72 bits per heavy atom. The third-order valence-corrected chi connectivity index (χ3v) is 4.33. The summed E-state index contributed by atoms with van der Waals surface area (Å²) in [7, 11) is 2.83. The van der Waals surface area contributed by atoms with Crippen LogP contribution >= 0.6 is 0 Å². The Morgan fingerprint density at radius 1 is 1.34 bits per heavy atom. The van der Waals surface area contributed by atoms with Crippen LogP contribution in [0.3, 0.4) is 0 Å². The van der Waals surface area contributed by atoms with Crippen LogP contribution < -0.4 is 21.3 Å². The lowest BCUT2D eigenvalue weighted by Crippen LogP contribution is -2.42. The van der Waals surface area contributed by atoms with Gasteiger partial charge >= 0.3 is 5.69 Å². The molecule has 0 atom stereocenters. The molecule has 0 unspecified atom stereocenters. The zero-order valence-corrected chi connectivity index (χ0v) is 15.8. The van der Waals surface area contributed by atoms with E-state index in [0.29, 0.717) is 5.56 Å². The van der Waals surface area contributed by atoms with Gasteiger partial charge in [0.05, 0.1) is 12.0 Å². The highest BCUT2D eigenvalue weighted by Gasteiger charge is 2.19. The number of nitro benzene ring substituents is 1. The number of anilines is 1. The van der Waals surface area contributed by atoms with E-state index in [1.165, 1.54) is 44.6 Å². The van der Waals surface area contributed by atoms with E-state index in [4.69, 9.17) is 4.74 Å². The SMILES string of the molecule is COc1c(C)cnc2c1c(=O)n(CC(=O)Nc1cccc([N+](=O)[O-])c1)c(=O)n2C. The number of nitrogens with one attached hydrogen (secondary N) is 1. The maximum absolute atomic E-state index is 12.9. The summed E-state index contributed by atoms with van der Waals surface area (Å²) in [5, 5.41) is 13.4. The Balaban J connectivity index is 2.03. The standard InChI is InChI=1S/C18H17N5O6/c1-10-8-19-16-14(15(10)29-3)17(25)22(18(26)21(16)2)9-13(24)20-11-5-4-6-12(7-11)23(27)28/h4-8H,9H2,1-3H3,(H,20,24). The normalized spacial score (nSPS) is 10.7. The first-order chi connectivity index (χ1) is 13.7. The number of pyridine rings is 1. The molecule has 11 heteroatoms. The van der Waals surface area contributed by atoms with Gasteiger partial charge in [-0.15, -0.1) is 0 Å². The van der Waals surface area contributed by atoms with Gasteiger partial charge in [0.2, 0.25) is 5.91 Å². The molecule has 29 heavy (non-hydrogen) atoms. The second kappa shape index (κ2) is 7.54. The van der Waals surface area contributed by atoms with Crippen molar-refractivity contribution >= 4 is 28.3 Å². The maximum Gasteiger partial charge on any atom is 0.332 e. The summed E-state index contributed by atoms with van der Waals surface area (Å²) in [6, 6.07) is 5.33. The molecule has 0 spiro atoms. The number of benzene rings is 1. The molecule has 11 nitrogen and oxygen atoms in total. The van der Waals surface area contributed by atoms with E-state index in [-0.39, 0.29) is 28.2 Å². The zero-order valence-electron chi connectivity index (χ0n) is 15.8. The first kappa shape index (κ1) is 19.7. The molecule has 0 saturated carbocycles. The van der Waals surface area contributed by atoms with Gasteiger partial charge in [0.15, 0.2) is 5.65 Å². The number of nitrogens with zero attached hydrogens (tertiary/aromatic N) is 4. The predicted molar refractivity (Wildman–Crippen MR) is 104 cm³/mol. The highest BCUT2D eigenvalue weighted by molar-refractivity contribution is 5.91. The van der Waals surface area contributed by atoms with Crippen LogP contribution in [0.25, 0.3) is 11.0 Å². The smallest absolute Gasteiger partial charge is 0.332 e. The lowest BCUT2D eigenvalue weighted by Gasteiger charge is -2.13. The quantitative estimate of drug-likeness (QED) is 0.498. The number of aryl methyl sites for hydroxylation is 2. The Morgan fingerprint density at radius 2 is 2.07 bits per heavy atom. The van der Waals surface area contributed by atoms with Gasteiger partial charge in [-0.1, -0.05) is 6.07 Å². The number of non-ortho nitro benzene ring substituents is 1. The van der Waals surface area contributed by atoms with Crippen LogP contribution in [0.4, 0.5) is 11.4 Å². The van der Waals surface area contributed by atoms with Crippen molar-refractivity contribution in [1.29, 1.82) is 0 Å². The van der Waals surface area contributed by atoms with E-state index in [1.54, 1.807) is 6.92 Å². The van der Waals surface area contributed by atoms with Gasteiger partial charge in [0.25, 0.3) is 11.2 Å². The van der Waals surface area contributed by atoms with Crippen molar-refractivity contribution in [3.8, 4) is 5.75 Å². The number of hydrogen-bond acceptors (Lipinski definition) is 7. The van der Waals surface area contributed by atoms with Crippen LogP contribution in [-0.4, -0.2) is 32.1 Å². The Labute approximate surface area is 163 Å². The molecule has 2 aromatic heterocycles. The molecule has 1 N–H and O–H groups in total. The summed E-state index contributed by atoms with van der Waals surface area (Å²) >= 11 is 0. The van der Waals surface area contributed by atoms with E-state index in [2.05, 4.69) is 10.3 Å². The summed E-state index contributed by atoms with van der Waals surface area (Å²) in [6.07, 6.45) is 1.49. The van der Waals surface area contributed by atoms with Crippen molar-refractivity contribution in [3.05, 3.63) is 67.0 Å². The number of carbonyl (C=O) groups is 1. The van der Waals surface area contributed by atoms with Gasteiger partial charge in [-0.3, -0.25) is 24.3 Å². The minimum atomic E-state index is -0.727. The fourth-order valence-electron chi connectivity index (χ4n) is 2.96. The van der Waals surface area contributed by atoms with E-state index >= 15 is 0 Å². The molecular weight excluding hydrogens is 382 g/mol. The zero-order chi connectivity index (χ0) is 21.3. The van der Waals surface area contributed by atoms with Crippen LogP contribution in [0.2, 0.25) is 0 Å². The molecule has 2 heterocycles. The fourth-order valence-corrected chi connectivity index (χ4v) is 2.96.